The number of aliphatic hydroxyl groups excluding tert-OH is 1. The van der Waals surface area contributed by atoms with Crippen molar-refractivity contribution in [2.45, 2.75) is 142 Å². The molecule has 2 amide bonds. The highest BCUT2D eigenvalue weighted by molar-refractivity contribution is 5.98. The van der Waals surface area contributed by atoms with Crippen molar-refractivity contribution in [2.24, 2.45) is 29.1 Å². The first-order valence-electron chi connectivity index (χ1n) is 20.7. The van der Waals surface area contributed by atoms with Gasteiger partial charge < -0.3 is 20.2 Å². The molecular weight excluding hydrogens is 695 g/mol. The highest BCUT2D eigenvalue weighted by Crippen LogP contribution is 2.44. The van der Waals surface area contributed by atoms with Gasteiger partial charge in [0.1, 0.15) is 11.8 Å². The number of ketones is 3. The van der Waals surface area contributed by atoms with Crippen LogP contribution in [-0.4, -0.2) is 87.0 Å². The Labute approximate surface area is 327 Å². The maximum Gasteiger partial charge on any atom is 0.272 e. The van der Waals surface area contributed by atoms with Gasteiger partial charge in [0.2, 0.25) is 5.91 Å². The Morgan fingerprint density at radius 3 is 2.27 bits per heavy atom. The van der Waals surface area contributed by atoms with Crippen LogP contribution in [0.3, 0.4) is 0 Å². The molecule has 3 fully saturated rings. The van der Waals surface area contributed by atoms with Crippen molar-refractivity contribution in [2.75, 3.05) is 18.5 Å². The molecular formula is C44H63N5O6. The average molecular weight is 758 g/mol. The zero-order valence-corrected chi connectivity index (χ0v) is 33.6. The van der Waals surface area contributed by atoms with Crippen molar-refractivity contribution in [3.8, 4) is 0 Å². The molecule has 2 heterocycles. The van der Waals surface area contributed by atoms with Crippen LogP contribution in [0.5, 0.6) is 0 Å². The number of aromatic nitrogens is 2. The van der Waals surface area contributed by atoms with Crippen LogP contribution in [0.1, 0.15) is 128 Å². The molecule has 7 atom stereocenters. The second kappa shape index (κ2) is 19.2. The number of amides is 2. The van der Waals surface area contributed by atoms with Crippen LogP contribution in [-0.2, 0) is 19.2 Å². The molecule has 1 aromatic carbocycles. The fourth-order valence-electron chi connectivity index (χ4n) is 9.40. The number of aliphatic hydroxyl groups is 1. The van der Waals surface area contributed by atoms with Crippen LogP contribution in [0, 0.1) is 29.1 Å². The van der Waals surface area contributed by atoms with Gasteiger partial charge in [-0.2, -0.15) is 0 Å². The minimum Gasteiger partial charge on any atom is -0.385 e. The fraction of sp³-hybridized carbons (Fsp3) is 0.659. The quantitative estimate of drug-likeness (QED) is 0.188. The van der Waals surface area contributed by atoms with Gasteiger partial charge in [0.15, 0.2) is 17.3 Å². The summed E-state index contributed by atoms with van der Waals surface area (Å²) in [6.07, 6.45) is 13.1. The number of para-hydroxylation sites is 1. The highest BCUT2D eigenvalue weighted by Gasteiger charge is 2.51. The molecule has 2 aromatic rings. The first-order chi connectivity index (χ1) is 26.3. The molecule has 300 valence electrons. The Morgan fingerprint density at radius 2 is 1.62 bits per heavy atom. The van der Waals surface area contributed by atoms with Crippen molar-refractivity contribution in [3.63, 3.8) is 0 Å². The number of fused-ring (bicyclic) bond motifs is 1. The summed E-state index contributed by atoms with van der Waals surface area (Å²) in [6, 6.07) is 7.96. The second-order valence-corrected chi connectivity index (χ2v) is 17.5. The van der Waals surface area contributed by atoms with E-state index in [2.05, 4.69) is 15.3 Å². The predicted octanol–water partition coefficient (Wildman–Crippen LogP) is 6.38. The van der Waals surface area contributed by atoms with Gasteiger partial charge in [-0.15, -0.1) is 0 Å². The van der Waals surface area contributed by atoms with E-state index in [9.17, 15) is 24.3 Å². The molecule has 1 aliphatic heterocycles. The number of anilines is 1. The summed E-state index contributed by atoms with van der Waals surface area (Å²) in [5.74, 6) is -2.44. The van der Waals surface area contributed by atoms with Gasteiger partial charge in [0.25, 0.3) is 5.91 Å². The molecule has 0 bridgehead atoms. The topological polar surface area (TPSA) is 150 Å². The standard InChI is InChI=1S/C44H63N5O6/c1-6-15-31(41(53)39(52)28-48(5)32-19-11-8-12-20-32)25-37(50)36-24-30-18-13-14-21-35(30)49(36)43(55)33(44(2,3)4)26-38(51)40(29-16-9-7-10-17-29)47-42(54)34-27-45-22-23-46-34/h8,11-12,19-20,22-23,27,29-31,33,35-36,40-41,53H,6-7,9-10,13-18,21,24-26,28H2,1-5H3,(H,47,54)/t30?,31-,33-,35?,36+,40+,41?/m1/s1. The molecule has 55 heavy (non-hydrogen) atoms. The molecule has 2 aliphatic carbocycles. The predicted molar refractivity (Wildman–Crippen MR) is 212 cm³/mol. The monoisotopic (exact) mass is 757 g/mol. The number of likely N-dealkylation sites (tertiary alicyclic amines) is 1. The summed E-state index contributed by atoms with van der Waals surface area (Å²) >= 11 is 0. The van der Waals surface area contributed by atoms with Gasteiger partial charge in [0.05, 0.1) is 24.8 Å². The Bertz CT molecular complexity index is 1610. The first kappa shape index (κ1) is 42.2. The lowest BCUT2D eigenvalue weighted by Gasteiger charge is -2.40. The molecule has 1 aromatic heterocycles. The number of hydrogen-bond donors (Lipinski definition) is 2. The Kier molecular flexibility index (Phi) is 14.7. The number of rotatable bonds is 17. The van der Waals surface area contributed by atoms with E-state index in [0.717, 1.165) is 63.5 Å². The van der Waals surface area contributed by atoms with Gasteiger partial charge >= 0.3 is 0 Å². The Morgan fingerprint density at radius 1 is 0.927 bits per heavy atom. The first-order valence-corrected chi connectivity index (χ1v) is 20.7. The molecule has 11 heteroatoms. The number of nitrogens with zero attached hydrogens (tertiary/aromatic N) is 4. The summed E-state index contributed by atoms with van der Waals surface area (Å²) in [4.78, 5) is 82.5. The molecule has 3 aliphatic rings. The third-order valence-electron chi connectivity index (χ3n) is 12.5. The number of Topliss-reactive ketones (excluding diaryl/α,β-unsaturated/α-hetero) is 3. The van der Waals surface area contributed by atoms with Gasteiger partial charge in [-0.3, -0.25) is 29.0 Å². The third-order valence-corrected chi connectivity index (χ3v) is 12.5. The van der Waals surface area contributed by atoms with E-state index in [1.165, 1.54) is 18.6 Å². The minimum atomic E-state index is -1.31. The SMILES string of the molecule is CCC[C@H](CC(=O)[C@@H]1CC2CCCCC2N1C(=O)[C@@H](CC(=O)[C@@H](NC(=O)c1cnccn1)C1CCCCC1)C(C)(C)C)C(O)C(=O)CN(C)c1ccccc1. The third kappa shape index (κ3) is 10.7. The largest absolute Gasteiger partial charge is 0.385 e. The number of nitrogens with one attached hydrogen (secondary N) is 1. The Hall–Kier alpha value is -3.99. The molecule has 2 N–H and O–H groups in total. The molecule has 2 saturated carbocycles. The van der Waals surface area contributed by atoms with Crippen molar-refractivity contribution in [3.05, 3.63) is 54.6 Å². The fourth-order valence-corrected chi connectivity index (χ4v) is 9.40. The number of likely N-dealkylation sites (N-methyl/N-ethyl adjacent to an activating group) is 1. The van der Waals surface area contributed by atoms with Crippen molar-refractivity contribution < 1.29 is 29.1 Å². The lowest BCUT2D eigenvalue weighted by molar-refractivity contribution is -0.149. The Balaban J connectivity index is 1.36. The van der Waals surface area contributed by atoms with Crippen LogP contribution >= 0.6 is 0 Å². The minimum absolute atomic E-state index is 0.000956. The number of carbonyl (C=O) groups excluding carboxylic acids is 5. The summed E-state index contributed by atoms with van der Waals surface area (Å²) in [5.41, 5.74) is 0.383. The van der Waals surface area contributed by atoms with Gasteiger partial charge in [0, 0.05) is 49.9 Å². The highest BCUT2D eigenvalue weighted by atomic mass is 16.3. The smallest absolute Gasteiger partial charge is 0.272 e. The van der Waals surface area contributed by atoms with E-state index in [1.807, 2.05) is 70.0 Å². The van der Waals surface area contributed by atoms with E-state index < -0.39 is 41.3 Å². The van der Waals surface area contributed by atoms with Crippen molar-refractivity contribution in [1.29, 1.82) is 0 Å². The molecule has 0 radical (unpaired) electrons. The molecule has 1 saturated heterocycles. The van der Waals surface area contributed by atoms with Gasteiger partial charge in [-0.1, -0.05) is 84.4 Å². The summed E-state index contributed by atoms with van der Waals surface area (Å²) < 4.78 is 0. The van der Waals surface area contributed by atoms with E-state index >= 15 is 4.79 Å². The molecule has 0 spiro atoms. The van der Waals surface area contributed by atoms with Gasteiger partial charge in [-0.05, 0) is 73.8 Å². The number of benzene rings is 1. The van der Waals surface area contributed by atoms with E-state index in [-0.39, 0.29) is 66.2 Å². The van der Waals surface area contributed by atoms with Crippen LogP contribution in [0.4, 0.5) is 5.69 Å². The van der Waals surface area contributed by atoms with Crippen LogP contribution in [0.15, 0.2) is 48.9 Å². The lowest BCUT2D eigenvalue weighted by atomic mass is 9.73. The number of carbonyl (C=O) groups is 5. The van der Waals surface area contributed by atoms with Crippen molar-refractivity contribution in [1.82, 2.24) is 20.2 Å². The number of hydrogen-bond acceptors (Lipinski definition) is 9. The maximum absolute atomic E-state index is 15.1. The molecule has 5 rings (SSSR count). The normalized spacial score (nSPS) is 22.5. The van der Waals surface area contributed by atoms with Crippen LogP contribution in [0.25, 0.3) is 0 Å². The molecule has 3 unspecified atom stereocenters. The maximum atomic E-state index is 15.1. The van der Waals surface area contributed by atoms with Crippen molar-refractivity contribution >= 4 is 34.9 Å². The lowest BCUT2D eigenvalue weighted by Crippen LogP contribution is -2.53. The average Bonchev–Trinajstić information content (AvgIpc) is 3.58. The summed E-state index contributed by atoms with van der Waals surface area (Å²) in [6.45, 7) is 7.89. The zero-order chi connectivity index (χ0) is 39.7. The second-order valence-electron chi connectivity index (χ2n) is 17.5. The van der Waals surface area contributed by atoms with Crippen LogP contribution in [0.2, 0.25) is 0 Å². The van der Waals surface area contributed by atoms with E-state index in [4.69, 9.17) is 0 Å². The summed E-state index contributed by atoms with van der Waals surface area (Å²) in [7, 11) is 1.81. The van der Waals surface area contributed by atoms with Crippen LogP contribution < -0.4 is 10.2 Å². The van der Waals surface area contributed by atoms with Gasteiger partial charge in [-0.25, -0.2) is 4.98 Å². The summed E-state index contributed by atoms with van der Waals surface area (Å²) in [5, 5.41) is 14.4. The molecule has 11 nitrogen and oxygen atoms in total. The zero-order valence-electron chi connectivity index (χ0n) is 33.6. The van der Waals surface area contributed by atoms with E-state index in [0.29, 0.717) is 19.3 Å². The van der Waals surface area contributed by atoms with E-state index in [1.54, 1.807) is 4.90 Å².